The zero-order valence-corrected chi connectivity index (χ0v) is 10.1. The van der Waals surface area contributed by atoms with Crippen molar-refractivity contribution >= 4 is 27.5 Å². The van der Waals surface area contributed by atoms with Crippen LogP contribution in [0.15, 0.2) is 29.2 Å². The van der Waals surface area contributed by atoms with Crippen molar-refractivity contribution in [3.05, 3.63) is 40.3 Å². The van der Waals surface area contributed by atoms with E-state index in [1.165, 1.54) is 24.3 Å². The Kier molecular flexibility index (Phi) is 3.28. The van der Waals surface area contributed by atoms with E-state index in [1.54, 1.807) is 12.1 Å². The highest BCUT2D eigenvalue weighted by molar-refractivity contribution is 7.17. The fourth-order valence-electron chi connectivity index (χ4n) is 1.61. The van der Waals surface area contributed by atoms with Gasteiger partial charge in [0.1, 0.15) is 17.7 Å². The van der Waals surface area contributed by atoms with E-state index in [1.807, 2.05) is 0 Å². The second kappa shape index (κ2) is 4.75. The van der Waals surface area contributed by atoms with Crippen molar-refractivity contribution in [1.29, 1.82) is 10.5 Å². The zero-order valence-electron chi connectivity index (χ0n) is 9.32. The van der Waals surface area contributed by atoms with Gasteiger partial charge in [-0.25, -0.2) is 0 Å². The maximum Gasteiger partial charge on any atom is 0.417 e. The van der Waals surface area contributed by atoms with Gasteiger partial charge in [0.05, 0.1) is 5.56 Å². The summed E-state index contributed by atoms with van der Waals surface area (Å²) in [6.07, 6.45) is -3.04. The van der Waals surface area contributed by atoms with Crippen LogP contribution in [0.1, 0.15) is 11.1 Å². The third kappa shape index (κ3) is 2.59. The fraction of sp³-hybridized carbons (Fsp3) is 0.0769. The van der Waals surface area contributed by atoms with Gasteiger partial charge >= 0.3 is 6.18 Å². The van der Waals surface area contributed by atoms with E-state index in [9.17, 15) is 13.2 Å². The Labute approximate surface area is 110 Å². The Balaban J connectivity index is 2.54. The second-order valence-electron chi connectivity index (χ2n) is 3.68. The largest absolute Gasteiger partial charge is 0.417 e. The van der Waals surface area contributed by atoms with Gasteiger partial charge in [0.15, 0.2) is 0 Å². The van der Waals surface area contributed by atoms with Gasteiger partial charge in [0.25, 0.3) is 0 Å². The van der Waals surface area contributed by atoms with E-state index in [-0.39, 0.29) is 11.0 Å². The van der Waals surface area contributed by atoms with Crippen LogP contribution in [0.5, 0.6) is 0 Å². The maximum atomic E-state index is 12.7. The molecule has 0 atom stereocenters. The van der Waals surface area contributed by atoms with Gasteiger partial charge in [0, 0.05) is 15.5 Å². The summed E-state index contributed by atoms with van der Waals surface area (Å²) in [5.41, 5.74) is -0.225. The van der Waals surface area contributed by atoms with E-state index < -0.39 is 11.7 Å². The number of rotatable bonds is 1. The van der Waals surface area contributed by atoms with Crippen molar-refractivity contribution in [3.63, 3.8) is 0 Å². The monoisotopic (exact) mass is 278 g/mol. The van der Waals surface area contributed by atoms with Crippen LogP contribution in [0.2, 0.25) is 0 Å². The summed E-state index contributed by atoms with van der Waals surface area (Å²) in [5.74, 6) is 0. The average Bonchev–Trinajstić information content (AvgIpc) is 2.78. The molecular weight excluding hydrogens is 273 g/mol. The van der Waals surface area contributed by atoms with Crippen molar-refractivity contribution in [2.75, 3.05) is 0 Å². The minimum Gasteiger partial charge on any atom is -0.192 e. The lowest BCUT2D eigenvalue weighted by atomic mass is 10.1. The predicted octanol–water partition coefficient (Wildman–Crippen LogP) is 4.35. The smallest absolute Gasteiger partial charge is 0.192 e. The van der Waals surface area contributed by atoms with E-state index in [2.05, 4.69) is 0 Å². The molecule has 0 aliphatic rings. The van der Waals surface area contributed by atoms with Crippen LogP contribution in [0.4, 0.5) is 13.2 Å². The Bertz CT molecular complexity index is 726. The van der Waals surface area contributed by atoms with E-state index >= 15 is 0 Å². The summed E-state index contributed by atoms with van der Waals surface area (Å²) in [6, 6.07) is 7.75. The van der Waals surface area contributed by atoms with Gasteiger partial charge in [-0.05, 0) is 17.7 Å². The quantitative estimate of drug-likeness (QED) is 0.728. The molecule has 19 heavy (non-hydrogen) atoms. The lowest BCUT2D eigenvalue weighted by Gasteiger charge is -2.04. The molecule has 1 heterocycles. The number of hydrogen-bond donors (Lipinski definition) is 0. The number of alkyl halides is 3. The van der Waals surface area contributed by atoms with Gasteiger partial charge in [-0.2, -0.15) is 23.7 Å². The molecule has 0 bridgehead atoms. The van der Waals surface area contributed by atoms with Crippen molar-refractivity contribution in [2.45, 2.75) is 6.18 Å². The molecule has 0 saturated carbocycles. The Hall–Kier alpha value is -2.31. The summed E-state index contributed by atoms with van der Waals surface area (Å²) < 4.78 is 38.5. The van der Waals surface area contributed by atoms with Crippen molar-refractivity contribution in [2.24, 2.45) is 0 Å². The number of thiophene rings is 1. The number of fused-ring (bicyclic) bond motifs is 1. The first-order chi connectivity index (χ1) is 8.95. The van der Waals surface area contributed by atoms with Gasteiger partial charge in [0.2, 0.25) is 0 Å². The van der Waals surface area contributed by atoms with Crippen LogP contribution in [-0.4, -0.2) is 0 Å². The number of nitriles is 2. The lowest BCUT2D eigenvalue weighted by molar-refractivity contribution is -0.136. The van der Waals surface area contributed by atoms with Crippen LogP contribution in [0.3, 0.4) is 0 Å². The molecule has 2 nitrogen and oxygen atoms in total. The third-order valence-electron chi connectivity index (χ3n) is 2.46. The molecule has 0 aliphatic carbocycles. The third-order valence-corrected chi connectivity index (χ3v) is 3.40. The van der Waals surface area contributed by atoms with Gasteiger partial charge in [-0.1, -0.05) is 12.1 Å². The molecule has 0 saturated heterocycles. The van der Waals surface area contributed by atoms with E-state index in [0.717, 1.165) is 16.7 Å². The Morgan fingerprint density at radius 2 is 1.89 bits per heavy atom. The van der Waals surface area contributed by atoms with E-state index in [0.29, 0.717) is 10.3 Å². The molecular formula is C13H5F3N2S. The first-order valence-electron chi connectivity index (χ1n) is 5.06. The highest BCUT2D eigenvalue weighted by atomic mass is 32.1. The summed E-state index contributed by atoms with van der Waals surface area (Å²) >= 11 is 0.982. The summed E-state index contributed by atoms with van der Waals surface area (Å²) in [7, 11) is 0. The van der Waals surface area contributed by atoms with Crippen LogP contribution < -0.4 is 0 Å². The van der Waals surface area contributed by atoms with Gasteiger partial charge < -0.3 is 0 Å². The van der Waals surface area contributed by atoms with Crippen LogP contribution in [0.25, 0.3) is 16.2 Å². The first-order valence-corrected chi connectivity index (χ1v) is 5.94. The van der Waals surface area contributed by atoms with Gasteiger partial charge in [-0.15, -0.1) is 11.3 Å². The number of nitrogens with zero attached hydrogens (tertiary/aromatic N) is 2. The predicted molar refractivity (Wildman–Crippen MR) is 66.0 cm³/mol. The molecule has 1 aromatic carbocycles. The molecule has 0 spiro atoms. The number of hydrogen-bond acceptors (Lipinski definition) is 3. The average molecular weight is 278 g/mol. The summed E-state index contributed by atoms with van der Waals surface area (Å²) in [4.78, 5) is 0. The Morgan fingerprint density at radius 3 is 2.47 bits per heavy atom. The molecule has 2 aromatic rings. The molecule has 0 N–H and O–H groups in total. The molecule has 2 rings (SSSR count). The molecule has 0 unspecified atom stereocenters. The topological polar surface area (TPSA) is 47.6 Å². The minimum absolute atomic E-state index is 0.0908. The van der Waals surface area contributed by atoms with Crippen molar-refractivity contribution in [1.82, 2.24) is 0 Å². The minimum atomic E-state index is -4.37. The highest BCUT2D eigenvalue weighted by Crippen LogP contribution is 2.38. The second-order valence-corrected chi connectivity index (χ2v) is 4.60. The number of allylic oxidation sites excluding steroid dienone is 1. The highest BCUT2D eigenvalue weighted by Gasteiger charge is 2.33. The molecule has 0 aliphatic heterocycles. The van der Waals surface area contributed by atoms with Gasteiger partial charge in [-0.3, -0.25) is 0 Å². The molecule has 0 fully saturated rings. The molecule has 0 amide bonds. The fourth-order valence-corrected chi connectivity index (χ4v) is 2.62. The van der Waals surface area contributed by atoms with Crippen LogP contribution in [0, 0.1) is 22.7 Å². The summed E-state index contributed by atoms with van der Waals surface area (Å²) in [5, 5.41) is 18.4. The number of benzene rings is 1. The molecule has 6 heteroatoms. The SMILES string of the molecule is N#CC(C#N)=Cc1ccc2c(C(F)(F)F)csc2c1. The van der Waals surface area contributed by atoms with E-state index in [4.69, 9.17) is 10.5 Å². The first kappa shape index (κ1) is 13.1. The van der Waals surface area contributed by atoms with Crippen molar-refractivity contribution in [3.8, 4) is 12.1 Å². The Morgan fingerprint density at radius 1 is 1.21 bits per heavy atom. The number of halogens is 3. The normalized spacial score (nSPS) is 10.8. The zero-order chi connectivity index (χ0) is 14.0. The molecule has 0 radical (unpaired) electrons. The van der Waals surface area contributed by atoms with Crippen LogP contribution >= 0.6 is 11.3 Å². The summed E-state index contributed by atoms with van der Waals surface area (Å²) in [6.45, 7) is 0. The standard InChI is InChI=1S/C13H5F3N2S/c14-13(15,16)11-7-19-12-4-8(1-2-10(11)12)3-9(5-17)6-18/h1-4,7H. The maximum absolute atomic E-state index is 12.7. The molecule has 94 valence electrons. The van der Waals surface area contributed by atoms with Crippen molar-refractivity contribution < 1.29 is 13.2 Å². The van der Waals surface area contributed by atoms with Crippen LogP contribution in [-0.2, 0) is 6.18 Å². The molecule has 1 aromatic heterocycles. The lowest BCUT2D eigenvalue weighted by Crippen LogP contribution is -2.02.